The topological polar surface area (TPSA) is 43.2 Å². The predicted molar refractivity (Wildman–Crippen MR) is 116 cm³/mol. The van der Waals surface area contributed by atoms with E-state index in [1.807, 2.05) is 54.2 Å². The molecule has 0 saturated carbocycles. The maximum Gasteiger partial charge on any atom is 0.151 e. The molecule has 0 bridgehead atoms. The molecule has 0 amide bonds. The van der Waals surface area contributed by atoms with Gasteiger partial charge in [0.2, 0.25) is 0 Å². The molecule has 0 N–H and O–H groups in total. The molecular weight excluding hydrogens is 403 g/mol. The molecule has 5 nitrogen and oxygen atoms in total. The maximum atomic E-state index is 13.1. The smallest absolute Gasteiger partial charge is 0.151 e. The van der Waals surface area contributed by atoms with Crippen LogP contribution in [-0.4, -0.2) is 21.6 Å². The van der Waals surface area contributed by atoms with Crippen molar-refractivity contribution in [3.8, 4) is 11.4 Å². The van der Waals surface area contributed by atoms with E-state index in [1.165, 1.54) is 12.1 Å². The SMILES string of the molecule is CN(Cc1cn(-c2ccc(Cl)cc2)c(COc2ccc(F)cc2)n1)c1ccncc1. The third-order valence-electron chi connectivity index (χ3n) is 4.62. The van der Waals surface area contributed by atoms with Crippen LogP contribution in [0.15, 0.2) is 79.3 Å². The number of rotatable bonds is 7. The minimum atomic E-state index is -0.300. The standard InChI is InChI=1S/C23H20ClFN4O/c1-28(20-10-12-26-13-11-20)14-19-15-29(21-6-2-17(24)3-7-21)23(27-19)16-30-22-8-4-18(25)5-9-22/h2-13,15H,14,16H2,1H3. The first-order valence-electron chi connectivity index (χ1n) is 9.41. The molecule has 0 aliphatic heterocycles. The molecule has 0 fully saturated rings. The van der Waals surface area contributed by atoms with Crippen molar-refractivity contribution < 1.29 is 9.13 Å². The van der Waals surface area contributed by atoms with E-state index in [0.717, 1.165) is 22.9 Å². The van der Waals surface area contributed by atoms with Gasteiger partial charge in [0.25, 0.3) is 0 Å². The number of nitrogens with zero attached hydrogens (tertiary/aromatic N) is 4. The van der Waals surface area contributed by atoms with Crippen LogP contribution in [0.1, 0.15) is 11.5 Å². The van der Waals surface area contributed by atoms with Crippen molar-refractivity contribution in [1.82, 2.24) is 14.5 Å². The summed E-state index contributed by atoms with van der Waals surface area (Å²) < 4.78 is 21.0. The molecule has 4 aromatic rings. The number of ether oxygens (including phenoxy) is 1. The average molecular weight is 423 g/mol. The number of aromatic nitrogens is 3. The number of hydrogen-bond acceptors (Lipinski definition) is 4. The highest BCUT2D eigenvalue weighted by molar-refractivity contribution is 6.30. The third-order valence-corrected chi connectivity index (χ3v) is 4.87. The maximum absolute atomic E-state index is 13.1. The van der Waals surface area contributed by atoms with E-state index in [-0.39, 0.29) is 12.4 Å². The minimum Gasteiger partial charge on any atom is -0.486 e. The molecule has 0 radical (unpaired) electrons. The van der Waals surface area contributed by atoms with Gasteiger partial charge in [-0.2, -0.15) is 0 Å². The molecule has 7 heteroatoms. The van der Waals surface area contributed by atoms with E-state index in [9.17, 15) is 4.39 Å². The Bertz CT molecular complexity index is 1100. The summed E-state index contributed by atoms with van der Waals surface area (Å²) in [7, 11) is 2.01. The van der Waals surface area contributed by atoms with Gasteiger partial charge in [0.1, 0.15) is 18.2 Å². The molecule has 30 heavy (non-hydrogen) atoms. The molecule has 2 aromatic carbocycles. The summed E-state index contributed by atoms with van der Waals surface area (Å²) in [5.74, 6) is 1.02. The molecular formula is C23H20ClFN4O. The normalized spacial score (nSPS) is 10.8. The van der Waals surface area contributed by atoms with Crippen LogP contribution in [0.5, 0.6) is 5.75 Å². The molecule has 4 rings (SSSR count). The molecule has 0 spiro atoms. The van der Waals surface area contributed by atoms with Gasteiger partial charge in [0.05, 0.1) is 12.2 Å². The van der Waals surface area contributed by atoms with E-state index in [4.69, 9.17) is 21.3 Å². The summed E-state index contributed by atoms with van der Waals surface area (Å²) in [6, 6.07) is 17.4. The highest BCUT2D eigenvalue weighted by Crippen LogP contribution is 2.20. The van der Waals surface area contributed by atoms with Crippen molar-refractivity contribution in [3.63, 3.8) is 0 Å². The molecule has 0 aliphatic rings. The number of anilines is 1. The van der Waals surface area contributed by atoms with Crippen LogP contribution in [0.4, 0.5) is 10.1 Å². The Morgan fingerprint density at radius 3 is 2.40 bits per heavy atom. The minimum absolute atomic E-state index is 0.243. The molecule has 2 aromatic heterocycles. The first-order chi connectivity index (χ1) is 14.6. The fourth-order valence-corrected chi connectivity index (χ4v) is 3.21. The second-order valence-corrected chi connectivity index (χ2v) is 7.24. The molecule has 0 saturated heterocycles. The number of benzene rings is 2. The fraction of sp³-hybridized carbons (Fsp3) is 0.130. The lowest BCUT2D eigenvalue weighted by Gasteiger charge is -2.17. The summed E-state index contributed by atoms with van der Waals surface area (Å²) in [4.78, 5) is 10.9. The summed E-state index contributed by atoms with van der Waals surface area (Å²) >= 11 is 6.04. The van der Waals surface area contributed by atoms with Crippen LogP contribution in [-0.2, 0) is 13.2 Å². The van der Waals surface area contributed by atoms with Crippen molar-refractivity contribution in [2.45, 2.75) is 13.2 Å². The number of pyridine rings is 1. The van der Waals surface area contributed by atoms with Crippen LogP contribution in [0.3, 0.4) is 0 Å². The largest absolute Gasteiger partial charge is 0.486 e. The van der Waals surface area contributed by atoms with E-state index in [1.54, 1.807) is 24.5 Å². The van der Waals surface area contributed by atoms with E-state index in [2.05, 4.69) is 9.88 Å². The summed E-state index contributed by atoms with van der Waals surface area (Å²) in [5, 5.41) is 0.667. The Kier molecular flexibility index (Phi) is 5.95. The van der Waals surface area contributed by atoms with Crippen molar-refractivity contribution in [2.75, 3.05) is 11.9 Å². The zero-order valence-electron chi connectivity index (χ0n) is 16.4. The van der Waals surface area contributed by atoms with Gasteiger partial charge < -0.3 is 14.2 Å². The van der Waals surface area contributed by atoms with Gasteiger partial charge in [-0.15, -0.1) is 0 Å². The average Bonchev–Trinajstić information content (AvgIpc) is 3.17. The summed E-state index contributed by atoms with van der Waals surface area (Å²) in [6.07, 6.45) is 5.52. The number of imidazole rings is 1. The van der Waals surface area contributed by atoms with Crippen LogP contribution in [0.2, 0.25) is 5.02 Å². The lowest BCUT2D eigenvalue weighted by molar-refractivity contribution is 0.293. The van der Waals surface area contributed by atoms with Crippen LogP contribution in [0, 0.1) is 5.82 Å². The Hall–Kier alpha value is -3.38. The molecule has 0 atom stereocenters. The Balaban J connectivity index is 1.59. The second kappa shape index (κ2) is 8.97. The van der Waals surface area contributed by atoms with Gasteiger partial charge >= 0.3 is 0 Å². The summed E-state index contributed by atoms with van der Waals surface area (Å²) in [5.41, 5.74) is 2.87. The second-order valence-electron chi connectivity index (χ2n) is 6.80. The fourth-order valence-electron chi connectivity index (χ4n) is 3.09. The van der Waals surface area contributed by atoms with Crippen LogP contribution < -0.4 is 9.64 Å². The molecule has 0 aliphatic carbocycles. The van der Waals surface area contributed by atoms with Gasteiger partial charge in [-0.05, 0) is 60.7 Å². The predicted octanol–water partition coefficient (Wildman–Crippen LogP) is 5.28. The Morgan fingerprint density at radius 2 is 1.70 bits per heavy atom. The highest BCUT2D eigenvalue weighted by Gasteiger charge is 2.13. The van der Waals surface area contributed by atoms with Crippen LogP contribution >= 0.6 is 11.6 Å². The van der Waals surface area contributed by atoms with Crippen molar-refractivity contribution in [1.29, 1.82) is 0 Å². The van der Waals surface area contributed by atoms with Crippen molar-refractivity contribution >= 4 is 17.3 Å². The third kappa shape index (κ3) is 4.78. The number of halogens is 2. The molecule has 152 valence electrons. The van der Waals surface area contributed by atoms with Gasteiger partial charge in [0.15, 0.2) is 5.82 Å². The van der Waals surface area contributed by atoms with Gasteiger partial charge in [-0.1, -0.05) is 11.6 Å². The van der Waals surface area contributed by atoms with Gasteiger partial charge in [-0.25, -0.2) is 9.37 Å². The molecule has 0 unspecified atom stereocenters. The zero-order chi connectivity index (χ0) is 20.9. The van der Waals surface area contributed by atoms with E-state index >= 15 is 0 Å². The van der Waals surface area contributed by atoms with E-state index < -0.39 is 0 Å². The number of hydrogen-bond donors (Lipinski definition) is 0. The lowest BCUT2D eigenvalue weighted by Crippen LogP contribution is -2.16. The highest BCUT2D eigenvalue weighted by atomic mass is 35.5. The quantitative estimate of drug-likeness (QED) is 0.406. The van der Waals surface area contributed by atoms with Gasteiger partial charge in [0, 0.05) is 42.0 Å². The Morgan fingerprint density at radius 1 is 1.00 bits per heavy atom. The summed E-state index contributed by atoms with van der Waals surface area (Å²) in [6.45, 7) is 0.862. The molecule has 2 heterocycles. The Labute approximate surface area is 179 Å². The van der Waals surface area contributed by atoms with Crippen molar-refractivity contribution in [3.05, 3.63) is 102 Å². The van der Waals surface area contributed by atoms with Crippen molar-refractivity contribution in [2.24, 2.45) is 0 Å². The first kappa shape index (κ1) is 19.9. The first-order valence-corrected chi connectivity index (χ1v) is 9.79. The van der Waals surface area contributed by atoms with Gasteiger partial charge in [-0.3, -0.25) is 4.98 Å². The van der Waals surface area contributed by atoms with E-state index in [0.29, 0.717) is 17.3 Å². The monoisotopic (exact) mass is 422 g/mol. The zero-order valence-corrected chi connectivity index (χ0v) is 17.1. The van der Waals surface area contributed by atoms with Crippen LogP contribution in [0.25, 0.3) is 5.69 Å². The lowest BCUT2D eigenvalue weighted by atomic mass is 10.3.